The third-order valence-corrected chi connectivity index (χ3v) is 6.24. The van der Waals surface area contributed by atoms with Crippen LogP contribution in [0.15, 0.2) is 82.7 Å². The number of hydrogen-bond acceptors (Lipinski definition) is 4. The summed E-state index contributed by atoms with van der Waals surface area (Å²) in [4.78, 5) is 30.9. The Morgan fingerprint density at radius 2 is 1.68 bits per heavy atom. The van der Waals surface area contributed by atoms with E-state index in [0.717, 1.165) is 22.5 Å². The average Bonchev–Trinajstić information content (AvgIpc) is 2.77. The molecule has 1 atom stereocenters. The topological polar surface area (TPSA) is 64.0 Å². The Balaban J connectivity index is 1.76. The summed E-state index contributed by atoms with van der Waals surface area (Å²) in [6.07, 6.45) is 0. The summed E-state index contributed by atoms with van der Waals surface area (Å²) in [7, 11) is 0. The number of benzene rings is 3. The molecule has 1 aromatic heterocycles. The molecule has 4 rings (SSSR count). The summed E-state index contributed by atoms with van der Waals surface area (Å²) >= 11 is 1.27. The van der Waals surface area contributed by atoms with Crippen LogP contribution >= 0.6 is 11.8 Å². The number of fused-ring (bicyclic) bond motifs is 1. The van der Waals surface area contributed by atoms with Crippen molar-refractivity contribution < 1.29 is 4.79 Å². The minimum Gasteiger partial charge on any atom is -0.325 e. The fourth-order valence-corrected chi connectivity index (χ4v) is 4.19. The lowest BCUT2D eigenvalue weighted by Gasteiger charge is -2.17. The van der Waals surface area contributed by atoms with Crippen LogP contribution in [0.1, 0.15) is 18.1 Å². The van der Waals surface area contributed by atoms with Gasteiger partial charge in [0.2, 0.25) is 5.91 Å². The largest absolute Gasteiger partial charge is 0.325 e. The molecule has 5 nitrogen and oxygen atoms in total. The maximum Gasteiger partial charge on any atom is 0.266 e. The maximum absolute atomic E-state index is 13.4. The van der Waals surface area contributed by atoms with Gasteiger partial charge in [-0.1, -0.05) is 48.2 Å². The Morgan fingerprint density at radius 3 is 2.42 bits per heavy atom. The molecule has 3 aromatic carbocycles. The van der Waals surface area contributed by atoms with E-state index < -0.39 is 5.25 Å². The van der Waals surface area contributed by atoms with Crippen molar-refractivity contribution in [2.24, 2.45) is 0 Å². The van der Waals surface area contributed by atoms with E-state index in [1.165, 1.54) is 11.8 Å². The number of amides is 1. The van der Waals surface area contributed by atoms with E-state index in [1.54, 1.807) is 10.6 Å². The molecule has 6 heteroatoms. The van der Waals surface area contributed by atoms with Gasteiger partial charge in [0.15, 0.2) is 5.16 Å². The molecule has 1 unspecified atom stereocenters. The number of aryl methyl sites for hydroxylation is 2. The lowest BCUT2D eigenvalue weighted by molar-refractivity contribution is -0.115. The Kier molecular flexibility index (Phi) is 5.91. The van der Waals surface area contributed by atoms with E-state index in [1.807, 2.05) is 87.5 Å². The molecule has 0 spiro atoms. The van der Waals surface area contributed by atoms with Crippen LogP contribution in [0.2, 0.25) is 0 Å². The van der Waals surface area contributed by atoms with Gasteiger partial charge >= 0.3 is 0 Å². The van der Waals surface area contributed by atoms with Gasteiger partial charge in [-0.05, 0) is 68.3 Å². The molecule has 0 fully saturated rings. The first-order chi connectivity index (χ1) is 14.9. The molecule has 0 aliphatic heterocycles. The summed E-state index contributed by atoms with van der Waals surface area (Å²) in [5.74, 6) is -0.148. The lowest BCUT2D eigenvalue weighted by Crippen LogP contribution is -2.26. The molecular weight excluding hydrogens is 406 g/mol. The van der Waals surface area contributed by atoms with Gasteiger partial charge in [-0.15, -0.1) is 0 Å². The van der Waals surface area contributed by atoms with E-state index >= 15 is 0 Å². The molecule has 0 saturated carbocycles. The molecule has 0 aliphatic rings. The van der Waals surface area contributed by atoms with Crippen LogP contribution in [0, 0.1) is 13.8 Å². The van der Waals surface area contributed by atoms with Crippen LogP contribution in [0.4, 0.5) is 5.69 Å². The SMILES string of the molecule is Cc1ccc(-n2c(SC(C)C(=O)Nc3ccccc3)nc3ccccc3c2=O)cc1C. The van der Waals surface area contributed by atoms with E-state index in [2.05, 4.69) is 5.32 Å². The van der Waals surface area contributed by atoms with Crippen LogP contribution in [0.25, 0.3) is 16.6 Å². The molecule has 0 saturated heterocycles. The number of anilines is 1. The van der Waals surface area contributed by atoms with Gasteiger partial charge in [-0.25, -0.2) is 4.98 Å². The summed E-state index contributed by atoms with van der Waals surface area (Å²) < 4.78 is 1.60. The minimum absolute atomic E-state index is 0.146. The second kappa shape index (κ2) is 8.78. The Morgan fingerprint density at radius 1 is 0.968 bits per heavy atom. The number of hydrogen-bond donors (Lipinski definition) is 1. The molecule has 1 amide bonds. The van der Waals surface area contributed by atoms with Crippen LogP contribution in [0.5, 0.6) is 0 Å². The molecular formula is C25H23N3O2S. The molecule has 0 radical (unpaired) electrons. The number of thioether (sulfide) groups is 1. The van der Waals surface area contributed by atoms with Crippen molar-refractivity contribution in [3.8, 4) is 5.69 Å². The Bertz CT molecular complexity index is 1320. The third-order valence-electron chi connectivity index (χ3n) is 5.19. The zero-order valence-corrected chi connectivity index (χ0v) is 18.4. The molecule has 1 heterocycles. The lowest BCUT2D eigenvalue weighted by atomic mass is 10.1. The zero-order chi connectivity index (χ0) is 22.0. The van der Waals surface area contributed by atoms with Gasteiger partial charge in [-0.2, -0.15) is 0 Å². The standard InChI is InChI=1S/C25H23N3O2S/c1-16-13-14-20(15-17(16)2)28-24(30)21-11-7-8-12-22(21)27-25(28)31-18(3)23(29)26-19-9-5-4-6-10-19/h4-15,18H,1-3H3,(H,26,29). The number of nitrogens with zero attached hydrogens (tertiary/aromatic N) is 2. The number of aromatic nitrogens is 2. The average molecular weight is 430 g/mol. The highest BCUT2D eigenvalue weighted by atomic mass is 32.2. The van der Waals surface area contributed by atoms with E-state index in [9.17, 15) is 9.59 Å². The van der Waals surface area contributed by atoms with Gasteiger partial charge in [0.1, 0.15) is 0 Å². The van der Waals surface area contributed by atoms with Gasteiger partial charge in [0, 0.05) is 5.69 Å². The number of carbonyl (C=O) groups excluding carboxylic acids is 1. The van der Waals surface area contributed by atoms with Crippen LogP contribution < -0.4 is 10.9 Å². The highest BCUT2D eigenvalue weighted by molar-refractivity contribution is 8.00. The summed E-state index contributed by atoms with van der Waals surface area (Å²) in [6, 6.07) is 22.5. The van der Waals surface area contributed by atoms with Crippen LogP contribution in [0.3, 0.4) is 0 Å². The number of carbonyl (C=O) groups is 1. The van der Waals surface area contributed by atoms with Crippen molar-refractivity contribution in [1.29, 1.82) is 0 Å². The molecule has 0 bridgehead atoms. The molecule has 4 aromatic rings. The third kappa shape index (κ3) is 4.39. The molecule has 1 N–H and O–H groups in total. The monoisotopic (exact) mass is 429 g/mol. The van der Waals surface area contributed by atoms with Gasteiger partial charge < -0.3 is 5.32 Å². The van der Waals surface area contributed by atoms with Gasteiger partial charge in [0.25, 0.3) is 5.56 Å². The number of para-hydroxylation sites is 2. The van der Waals surface area contributed by atoms with Crippen molar-refractivity contribution in [3.63, 3.8) is 0 Å². The van der Waals surface area contributed by atoms with Crippen molar-refractivity contribution in [2.75, 3.05) is 5.32 Å². The second-order valence-corrected chi connectivity index (χ2v) is 8.74. The highest BCUT2D eigenvalue weighted by Gasteiger charge is 2.20. The van der Waals surface area contributed by atoms with Crippen molar-refractivity contribution in [2.45, 2.75) is 31.2 Å². The quantitative estimate of drug-likeness (QED) is 0.353. The Labute approximate surface area is 185 Å². The first kappa shape index (κ1) is 20.9. The first-order valence-corrected chi connectivity index (χ1v) is 10.9. The van der Waals surface area contributed by atoms with E-state index in [0.29, 0.717) is 16.1 Å². The van der Waals surface area contributed by atoms with Gasteiger partial charge in [0.05, 0.1) is 21.8 Å². The van der Waals surface area contributed by atoms with E-state index in [4.69, 9.17) is 4.98 Å². The highest BCUT2D eigenvalue weighted by Crippen LogP contribution is 2.26. The van der Waals surface area contributed by atoms with Crippen molar-refractivity contribution >= 4 is 34.3 Å². The van der Waals surface area contributed by atoms with Crippen molar-refractivity contribution in [3.05, 3.63) is 94.3 Å². The predicted octanol–water partition coefficient (Wildman–Crippen LogP) is 5.12. The molecule has 0 aliphatic carbocycles. The molecule has 156 valence electrons. The first-order valence-electron chi connectivity index (χ1n) is 10.1. The normalized spacial score (nSPS) is 12.0. The summed E-state index contributed by atoms with van der Waals surface area (Å²) in [5, 5.41) is 3.50. The fraction of sp³-hybridized carbons (Fsp3) is 0.160. The number of rotatable bonds is 5. The minimum atomic E-state index is -0.453. The predicted molar refractivity (Wildman–Crippen MR) is 127 cm³/mol. The summed E-state index contributed by atoms with van der Waals surface area (Å²) in [5.41, 5.74) is 4.18. The number of nitrogens with one attached hydrogen (secondary N) is 1. The van der Waals surface area contributed by atoms with E-state index in [-0.39, 0.29) is 11.5 Å². The van der Waals surface area contributed by atoms with Crippen molar-refractivity contribution in [1.82, 2.24) is 9.55 Å². The second-order valence-electron chi connectivity index (χ2n) is 7.44. The smallest absolute Gasteiger partial charge is 0.266 e. The molecule has 31 heavy (non-hydrogen) atoms. The van der Waals surface area contributed by atoms with Crippen LogP contribution in [-0.4, -0.2) is 20.7 Å². The van der Waals surface area contributed by atoms with Gasteiger partial charge in [-0.3, -0.25) is 14.2 Å². The van der Waals surface area contributed by atoms with Crippen LogP contribution in [-0.2, 0) is 4.79 Å². The summed E-state index contributed by atoms with van der Waals surface area (Å²) in [6.45, 7) is 5.86. The fourth-order valence-electron chi connectivity index (χ4n) is 3.26. The zero-order valence-electron chi connectivity index (χ0n) is 17.6. The Hall–Kier alpha value is -3.38. The maximum atomic E-state index is 13.4.